The van der Waals surface area contributed by atoms with Gasteiger partial charge in [0.05, 0.1) is 26.1 Å². The zero-order valence-corrected chi connectivity index (χ0v) is 19.5. The second-order valence-corrected chi connectivity index (χ2v) is 8.43. The van der Waals surface area contributed by atoms with E-state index in [0.29, 0.717) is 33.4 Å². The summed E-state index contributed by atoms with van der Waals surface area (Å²) in [5.41, 5.74) is 2.17. The Morgan fingerprint density at radius 2 is 1.79 bits per heavy atom. The highest BCUT2D eigenvalue weighted by Crippen LogP contribution is 2.38. The van der Waals surface area contributed by atoms with Crippen LogP contribution in [-0.2, 0) is 22.5 Å². The van der Waals surface area contributed by atoms with Crippen molar-refractivity contribution in [1.82, 2.24) is 4.90 Å². The molecule has 1 saturated heterocycles. The molecule has 3 aromatic carbocycles. The third-order valence-electron chi connectivity index (χ3n) is 5.69. The molecule has 0 saturated carbocycles. The molecule has 34 heavy (non-hydrogen) atoms. The smallest absolute Gasteiger partial charge is 0.411 e. The van der Waals surface area contributed by atoms with Crippen LogP contribution in [0.1, 0.15) is 29.7 Å². The summed E-state index contributed by atoms with van der Waals surface area (Å²) < 4.78 is 17.2. The van der Waals surface area contributed by atoms with Crippen LogP contribution in [0.2, 0.25) is 5.02 Å². The average Bonchev–Trinajstić information content (AvgIpc) is 3.09. The summed E-state index contributed by atoms with van der Waals surface area (Å²) in [7, 11) is 1.51. The number of ether oxygens (including phenoxy) is 3. The summed E-state index contributed by atoms with van der Waals surface area (Å²) in [5, 5.41) is 9.62. The second kappa shape index (κ2) is 10.1. The zero-order chi connectivity index (χ0) is 24.2. The Bertz CT molecular complexity index is 1200. The van der Waals surface area contributed by atoms with Gasteiger partial charge in [0.15, 0.2) is 11.5 Å². The molecule has 4 rings (SSSR count). The van der Waals surface area contributed by atoms with Gasteiger partial charge in [0, 0.05) is 10.6 Å². The van der Waals surface area contributed by atoms with Gasteiger partial charge >= 0.3 is 12.1 Å². The van der Waals surface area contributed by atoms with E-state index < -0.39 is 12.1 Å². The van der Waals surface area contributed by atoms with Crippen molar-refractivity contribution in [3.63, 3.8) is 0 Å². The van der Waals surface area contributed by atoms with Crippen LogP contribution < -0.4 is 9.47 Å². The van der Waals surface area contributed by atoms with E-state index in [1.807, 2.05) is 37.3 Å². The number of nitrogens with zero attached hydrogens (tertiary/aromatic N) is 1. The Labute approximate surface area is 202 Å². The fraction of sp³-hybridized carbons (Fsp3) is 0.231. The van der Waals surface area contributed by atoms with Crippen molar-refractivity contribution in [2.45, 2.75) is 32.0 Å². The van der Waals surface area contributed by atoms with Gasteiger partial charge in [0.25, 0.3) is 0 Å². The molecule has 3 aromatic rings. The van der Waals surface area contributed by atoms with Gasteiger partial charge in [-0.1, -0.05) is 48.0 Å². The van der Waals surface area contributed by atoms with Crippen LogP contribution in [-0.4, -0.2) is 35.2 Å². The number of hydrogen-bond donors (Lipinski definition) is 1. The van der Waals surface area contributed by atoms with Crippen molar-refractivity contribution in [1.29, 1.82) is 0 Å². The number of amides is 1. The number of carbonyl (C=O) groups excluding carboxylic acids is 1. The lowest BCUT2D eigenvalue weighted by atomic mass is 10.0. The molecular weight excluding hydrogens is 458 g/mol. The molecule has 1 amide bonds. The van der Waals surface area contributed by atoms with E-state index in [9.17, 15) is 9.59 Å². The van der Waals surface area contributed by atoms with Gasteiger partial charge in [-0.25, -0.2) is 4.79 Å². The molecule has 8 heteroatoms. The van der Waals surface area contributed by atoms with Gasteiger partial charge in [-0.15, -0.1) is 0 Å². The largest absolute Gasteiger partial charge is 0.493 e. The van der Waals surface area contributed by atoms with Crippen LogP contribution in [0.15, 0.2) is 66.7 Å². The first kappa shape index (κ1) is 23.4. The van der Waals surface area contributed by atoms with Crippen molar-refractivity contribution in [3.8, 4) is 17.2 Å². The number of hydrogen-bond acceptors (Lipinski definition) is 5. The van der Waals surface area contributed by atoms with E-state index in [-0.39, 0.29) is 25.1 Å². The lowest BCUT2D eigenvalue weighted by Crippen LogP contribution is -2.31. The van der Waals surface area contributed by atoms with E-state index in [0.717, 1.165) is 5.56 Å². The molecule has 0 spiro atoms. The average molecular weight is 482 g/mol. The van der Waals surface area contributed by atoms with Gasteiger partial charge in [-0.2, -0.15) is 0 Å². The highest BCUT2D eigenvalue weighted by Gasteiger charge is 2.39. The Balaban J connectivity index is 1.61. The van der Waals surface area contributed by atoms with E-state index in [1.54, 1.807) is 41.3 Å². The van der Waals surface area contributed by atoms with Crippen LogP contribution in [0.4, 0.5) is 4.79 Å². The number of carboxylic acid groups (broad SMARTS) is 1. The molecular formula is C26H24ClNO6. The van der Waals surface area contributed by atoms with Crippen LogP contribution in [0, 0.1) is 0 Å². The minimum atomic E-state index is -0.946. The zero-order valence-electron chi connectivity index (χ0n) is 18.7. The Kier molecular flexibility index (Phi) is 6.93. The lowest BCUT2D eigenvalue weighted by Gasteiger charge is -2.22. The molecule has 1 heterocycles. The highest BCUT2D eigenvalue weighted by molar-refractivity contribution is 6.30. The predicted molar refractivity (Wildman–Crippen MR) is 127 cm³/mol. The molecule has 0 radical (unpaired) electrons. The second-order valence-electron chi connectivity index (χ2n) is 7.99. The molecule has 7 nitrogen and oxygen atoms in total. The van der Waals surface area contributed by atoms with E-state index >= 15 is 0 Å². The van der Waals surface area contributed by atoms with Crippen molar-refractivity contribution >= 4 is 23.7 Å². The quantitative estimate of drug-likeness (QED) is 0.434. The maximum atomic E-state index is 12.7. The van der Waals surface area contributed by atoms with E-state index in [2.05, 4.69) is 0 Å². The SMILES string of the molecule is COc1ccc(CC(=O)O)cc1Oc1ccc(Cl)cc1CN1C(=O)OC(c2ccccc2)C1C. The minimum Gasteiger partial charge on any atom is -0.493 e. The molecule has 176 valence electrons. The van der Waals surface area contributed by atoms with E-state index in [1.165, 1.54) is 7.11 Å². The summed E-state index contributed by atoms with van der Waals surface area (Å²) in [6, 6.07) is 19.5. The molecule has 0 bridgehead atoms. The topological polar surface area (TPSA) is 85.3 Å². The molecule has 1 aliphatic rings. The maximum Gasteiger partial charge on any atom is 0.411 e. The van der Waals surface area contributed by atoms with Gasteiger partial charge < -0.3 is 19.3 Å². The maximum absolute atomic E-state index is 12.7. The third kappa shape index (κ3) is 5.10. The molecule has 0 aromatic heterocycles. The number of carbonyl (C=O) groups is 2. The summed E-state index contributed by atoms with van der Waals surface area (Å²) in [6.45, 7) is 2.16. The standard InChI is InChI=1S/C26H24ClNO6/c1-16-25(18-6-4-3-5-7-18)34-26(31)28(16)15-19-14-20(27)9-11-21(19)33-23-12-17(13-24(29)30)8-10-22(23)32-2/h3-12,14,16,25H,13,15H2,1-2H3,(H,29,30). The number of rotatable bonds is 8. The molecule has 1 aliphatic heterocycles. The molecule has 2 atom stereocenters. The van der Waals surface area contributed by atoms with Gasteiger partial charge in [0.1, 0.15) is 11.9 Å². The van der Waals surface area contributed by atoms with Crippen LogP contribution >= 0.6 is 11.6 Å². The van der Waals surface area contributed by atoms with Crippen molar-refractivity contribution in [3.05, 3.63) is 88.4 Å². The van der Waals surface area contributed by atoms with E-state index in [4.69, 9.17) is 30.9 Å². The number of methoxy groups -OCH3 is 1. The summed E-state index contributed by atoms with van der Waals surface area (Å²) >= 11 is 6.26. The van der Waals surface area contributed by atoms with Gasteiger partial charge in [-0.3, -0.25) is 9.69 Å². The number of halogens is 1. The monoisotopic (exact) mass is 481 g/mol. The normalized spacial score (nSPS) is 17.4. The summed E-state index contributed by atoms with van der Waals surface area (Å²) in [5.74, 6) is 0.341. The van der Waals surface area contributed by atoms with Crippen LogP contribution in [0.3, 0.4) is 0 Å². The van der Waals surface area contributed by atoms with Crippen LogP contribution in [0.25, 0.3) is 0 Å². The Morgan fingerprint density at radius 1 is 1.06 bits per heavy atom. The Morgan fingerprint density at radius 3 is 2.50 bits per heavy atom. The Hall–Kier alpha value is -3.71. The first-order valence-electron chi connectivity index (χ1n) is 10.7. The molecule has 1 N–H and O–H groups in total. The lowest BCUT2D eigenvalue weighted by molar-refractivity contribution is -0.136. The van der Waals surface area contributed by atoms with Crippen molar-refractivity contribution in [2.24, 2.45) is 0 Å². The van der Waals surface area contributed by atoms with Gasteiger partial charge in [0.2, 0.25) is 0 Å². The summed E-state index contributed by atoms with van der Waals surface area (Å²) in [6.07, 6.45) is -0.954. The fourth-order valence-electron chi connectivity index (χ4n) is 3.96. The highest BCUT2D eigenvalue weighted by atomic mass is 35.5. The molecule has 1 fully saturated rings. The predicted octanol–water partition coefficient (Wildman–Crippen LogP) is 5.85. The van der Waals surface area contributed by atoms with Gasteiger partial charge in [-0.05, 0) is 48.4 Å². The molecule has 0 aliphatic carbocycles. The number of aliphatic carboxylic acids is 1. The molecule has 2 unspecified atom stereocenters. The fourth-order valence-corrected chi connectivity index (χ4v) is 4.16. The third-order valence-corrected chi connectivity index (χ3v) is 5.92. The number of carboxylic acids is 1. The number of cyclic esters (lactones) is 1. The van der Waals surface area contributed by atoms with Crippen molar-refractivity contribution < 1.29 is 28.9 Å². The van der Waals surface area contributed by atoms with Crippen LogP contribution in [0.5, 0.6) is 17.2 Å². The number of benzene rings is 3. The minimum absolute atomic E-state index is 0.147. The first-order chi connectivity index (χ1) is 16.4. The van der Waals surface area contributed by atoms with Crippen molar-refractivity contribution in [2.75, 3.05) is 7.11 Å². The first-order valence-corrected chi connectivity index (χ1v) is 11.1. The summed E-state index contributed by atoms with van der Waals surface area (Å²) in [4.78, 5) is 25.5.